The molecule has 1 saturated heterocycles. The van der Waals surface area contributed by atoms with Crippen LogP contribution in [0.15, 0.2) is 100.0 Å². The van der Waals surface area contributed by atoms with Crippen molar-refractivity contribution in [2.24, 2.45) is 10.2 Å². The Labute approximate surface area is 219 Å². The Morgan fingerprint density at radius 3 is 2.03 bits per heavy atom. The van der Waals surface area contributed by atoms with Crippen molar-refractivity contribution in [1.82, 2.24) is 19.0 Å². The van der Waals surface area contributed by atoms with Crippen LogP contribution in [0.4, 0.5) is 11.4 Å². The number of nitrogens with zero attached hydrogens (tertiary/aromatic N) is 5. The summed E-state index contributed by atoms with van der Waals surface area (Å²) in [5, 5.41) is 11.7. The molecule has 0 aliphatic carbocycles. The molecule has 4 aromatic rings. The molecule has 1 aliphatic rings. The molecule has 1 aromatic heterocycles. The van der Waals surface area contributed by atoms with Crippen LogP contribution in [0.2, 0.25) is 0 Å². The van der Waals surface area contributed by atoms with Crippen molar-refractivity contribution in [3.8, 4) is 16.9 Å². The van der Waals surface area contributed by atoms with Gasteiger partial charge in [-0.3, -0.25) is 14.7 Å². The van der Waals surface area contributed by atoms with Gasteiger partial charge in [-0.25, -0.2) is 13.1 Å². The van der Waals surface area contributed by atoms with Gasteiger partial charge in [0.25, 0.3) is 11.5 Å². The highest BCUT2D eigenvalue weighted by Crippen LogP contribution is 2.28. The maximum absolute atomic E-state index is 13.4. The molecule has 3 aromatic carbocycles. The number of aromatic nitrogens is 2. The average molecular weight is 531 g/mol. The Hall–Kier alpha value is -4.35. The largest absolute Gasteiger partial charge is 0.336 e. The van der Waals surface area contributed by atoms with E-state index < -0.39 is 10.0 Å². The highest BCUT2D eigenvalue weighted by molar-refractivity contribution is 7.88. The van der Waals surface area contributed by atoms with Gasteiger partial charge in [0.2, 0.25) is 10.0 Å². The monoisotopic (exact) mass is 530 g/mol. The van der Waals surface area contributed by atoms with Crippen LogP contribution in [0.5, 0.6) is 0 Å². The highest BCUT2D eigenvalue weighted by Gasteiger charge is 2.26. The minimum Gasteiger partial charge on any atom is -0.336 e. The molecule has 5 rings (SSSR count). The van der Waals surface area contributed by atoms with Crippen LogP contribution in [0.3, 0.4) is 0 Å². The van der Waals surface area contributed by atoms with E-state index in [9.17, 15) is 18.0 Å². The Balaban J connectivity index is 1.42. The average Bonchev–Trinajstić information content (AvgIpc) is 3.28. The Bertz CT molecular complexity index is 1620. The lowest BCUT2D eigenvalue weighted by Gasteiger charge is -2.33. The van der Waals surface area contributed by atoms with Crippen LogP contribution in [-0.2, 0) is 10.0 Å². The smallest absolute Gasteiger partial charge is 0.299 e. The topological polar surface area (TPSA) is 120 Å². The molecule has 0 bridgehead atoms. The van der Waals surface area contributed by atoms with Gasteiger partial charge < -0.3 is 4.90 Å². The van der Waals surface area contributed by atoms with Gasteiger partial charge in [0.15, 0.2) is 5.69 Å². The van der Waals surface area contributed by atoms with Gasteiger partial charge in [-0.05, 0) is 36.4 Å². The van der Waals surface area contributed by atoms with Crippen LogP contribution in [-0.4, -0.2) is 65.7 Å². The predicted octanol–water partition coefficient (Wildman–Crippen LogP) is 3.97. The second-order valence-corrected chi connectivity index (χ2v) is 10.9. The Morgan fingerprint density at radius 1 is 0.816 bits per heavy atom. The second-order valence-electron chi connectivity index (χ2n) is 8.88. The lowest BCUT2D eigenvalue weighted by molar-refractivity contribution is 0.0698. The maximum atomic E-state index is 13.4. The standard InChI is InChI=1S/C27H26N6O4S/c1-38(36,37)32-18-16-31(17-19-32)26(34)21-12-14-23(15-13-21)33-27(35)25(29-28-22-10-6-3-7-11-22)24(30-33)20-8-4-2-5-9-20/h2-15,30H,16-19H2,1H3. The number of nitrogens with one attached hydrogen (secondary N) is 1. The zero-order chi connectivity index (χ0) is 26.7. The van der Waals surface area contributed by atoms with E-state index in [1.54, 1.807) is 41.3 Å². The first-order valence-corrected chi connectivity index (χ1v) is 13.9. The van der Waals surface area contributed by atoms with E-state index in [1.165, 1.54) is 15.2 Å². The fraction of sp³-hybridized carbons (Fsp3) is 0.185. The summed E-state index contributed by atoms with van der Waals surface area (Å²) < 4.78 is 26.2. The van der Waals surface area contributed by atoms with Crippen LogP contribution in [0.25, 0.3) is 16.9 Å². The van der Waals surface area contributed by atoms with Crippen molar-refractivity contribution in [3.63, 3.8) is 0 Å². The predicted molar refractivity (Wildman–Crippen MR) is 145 cm³/mol. The van der Waals surface area contributed by atoms with Gasteiger partial charge >= 0.3 is 0 Å². The fourth-order valence-corrected chi connectivity index (χ4v) is 5.10. The third-order valence-electron chi connectivity index (χ3n) is 6.32. The molecule has 2 heterocycles. The minimum atomic E-state index is -3.28. The van der Waals surface area contributed by atoms with E-state index >= 15 is 0 Å². The van der Waals surface area contributed by atoms with E-state index in [-0.39, 0.29) is 30.2 Å². The molecule has 0 spiro atoms. The van der Waals surface area contributed by atoms with Gasteiger partial charge in [0, 0.05) is 37.3 Å². The molecule has 1 fully saturated rings. The van der Waals surface area contributed by atoms with Gasteiger partial charge in [0.1, 0.15) is 0 Å². The Morgan fingerprint density at radius 2 is 1.42 bits per heavy atom. The van der Waals surface area contributed by atoms with Crippen molar-refractivity contribution in [2.75, 3.05) is 32.4 Å². The summed E-state index contributed by atoms with van der Waals surface area (Å²) in [5.74, 6) is -0.189. The normalized spacial score (nSPS) is 14.7. The summed E-state index contributed by atoms with van der Waals surface area (Å²) >= 11 is 0. The molecule has 38 heavy (non-hydrogen) atoms. The molecule has 1 amide bonds. The number of sulfonamides is 1. The summed E-state index contributed by atoms with van der Waals surface area (Å²) in [6.45, 7) is 1.17. The summed E-state index contributed by atoms with van der Waals surface area (Å²) in [4.78, 5) is 28.0. The van der Waals surface area contributed by atoms with Crippen molar-refractivity contribution < 1.29 is 13.2 Å². The number of benzene rings is 3. The number of rotatable bonds is 6. The first-order chi connectivity index (χ1) is 18.3. The molecule has 1 aliphatic heterocycles. The van der Waals surface area contributed by atoms with E-state index in [1.807, 2.05) is 48.5 Å². The van der Waals surface area contributed by atoms with Gasteiger partial charge in [-0.15, -0.1) is 5.11 Å². The number of carbonyl (C=O) groups is 1. The van der Waals surface area contributed by atoms with Crippen molar-refractivity contribution >= 4 is 27.3 Å². The van der Waals surface area contributed by atoms with Crippen LogP contribution in [0.1, 0.15) is 10.4 Å². The third kappa shape index (κ3) is 5.34. The molecule has 0 radical (unpaired) electrons. The zero-order valence-corrected chi connectivity index (χ0v) is 21.5. The molecule has 11 heteroatoms. The first kappa shape index (κ1) is 25.3. The minimum absolute atomic E-state index is 0.170. The second kappa shape index (κ2) is 10.6. The summed E-state index contributed by atoms with van der Waals surface area (Å²) in [5.41, 5.74) is 2.71. The van der Waals surface area contributed by atoms with Gasteiger partial charge in [-0.1, -0.05) is 48.5 Å². The molecular weight excluding hydrogens is 504 g/mol. The maximum Gasteiger partial charge on any atom is 0.299 e. The molecular formula is C27H26N6O4S. The number of amides is 1. The molecule has 1 N–H and O–H groups in total. The zero-order valence-electron chi connectivity index (χ0n) is 20.7. The molecule has 0 saturated carbocycles. The number of hydrogen-bond acceptors (Lipinski definition) is 6. The van der Waals surface area contributed by atoms with E-state index in [2.05, 4.69) is 15.3 Å². The van der Waals surface area contributed by atoms with Crippen LogP contribution >= 0.6 is 0 Å². The summed E-state index contributed by atoms with van der Waals surface area (Å²) in [6.07, 6.45) is 1.17. The molecule has 194 valence electrons. The number of azo groups is 1. The Kier molecular flexibility index (Phi) is 7.03. The highest BCUT2D eigenvalue weighted by atomic mass is 32.2. The lowest BCUT2D eigenvalue weighted by Crippen LogP contribution is -2.50. The SMILES string of the molecule is CS(=O)(=O)N1CCN(C(=O)c2ccc(-n3[nH]c(-c4ccccc4)c(N=Nc4ccccc4)c3=O)cc2)CC1. The molecule has 0 unspecified atom stereocenters. The number of carbonyl (C=O) groups excluding carboxylic acids is 1. The number of H-pyrrole nitrogens is 1. The molecule has 10 nitrogen and oxygen atoms in total. The number of piperazine rings is 1. The lowest BCUT2D eigenvalue weighted by atomic mass is 10.1. The first-order valence-electron chi connectivity index (χ1n) is 12.0. The summed E-state index contributed by atoms with van der Waals surface area (Å²) in [6, 6.07) is 25.2. The van der Waals surface area contributed by atoms with Crippen molar-refractivity contribution in [1.29, 1.82) is 0 Å². The number of aromatic amines is 1. The number of hydrogen-bond donors (Lipinski definition) is 1. The quantitative estimate of drug-likeness (QED) is 0.379. The van der Waals surface area contributed by atoms with Crippen LogP contribution < -0.4 is 5.56 Å². The molecule has 0 atom stereocenters. The third-order valence-corrected chi connectivity index (χ3v) is 7.62. The van der Waals surface area contributed by atoms with Crippen LogP contribution in [0, 0.1) is 0 Å². The van der Waals surface area contributed by atoms with E-state index in [0.717, 1.165) is 5.56 Å². The van der Waals surface area contributed by atoms with Gasteiger partial charge in [0.05, 0.1) is 23.3 Å². The fourth-order valence-electron chi connectivity index (χ4n) is 4.27. The summed E-state index contributed by atoms with van der Waals surface area (Å²) in [7, 11) is -3.28. The van der Waals surface area contributed by atoms with Crippen molar-refractivity contribution in [2.45, 2.75) is 0 Å². The van der Waals surface area contributed by atoms with E-state index in [0.29, 0.717) is 35.7 Å². The van der Waals surface area contributed by atoms with Gasteiger partial charge in [-0.2, -0.15) is 9.42 Å². The van der Waals surface area contributed by atoms with E-state index in [4.69, 9.17) is 0 Å². The van der Waals surface area contributed by atoms with Crippen molar-refractivity contribution in [3.05, 3.63) is 101 Å².